The van der Waals surface area contributed by atoms with Crippen molar-refractivity contribution in [1.29, 1.82) is 0 Å². The van der Waals surface area contributed by atoms with Gasteiger partial charge >= 0.3 is 0 Å². The number of aliphatic hydroxyl groups is 1. The van der Waals surface area contributed by atoms with Gasteiger partial charge in [-0.05, 0) is 6.42 Å². The quantitative estimate of drug-likeness (QED) is 0.607. The van der Waals surface area contributed by atoms with Gasteiger partial charge in [0.05, 0.1) is 29.8 Å². The van der Waals surface area contributed by atoms with Gasteiger partial charge in [0.1, 0.15) is 5.56 Å². The molecular formula is C12H15N3O5. The summed E-state index contributed by atoms with van der Waals surface area (Å²) in [6.45, 7) is 2.21. The predicted molar refractivity (Wildman–Crippen MR) is 69.5 cm³/mol. The van der Waals surface area contributed by atoms with Crippen molar-refractivity contribution < 1.29 is 14.8 Å². The van der Waals surface area contributed by atoms with Crippen molar-refractivity contribution >= 4 is 11.6 Å². The van der Waals surface area contributed by atoms with Gasteiger partial charge in [-0.15, -0.1) is 0 Å². The van der Waals surface area contributed by atoms with Crippen molar-refractivity contribution in [1.82, 2.24) is 9.88 Å². The number of rotatable bonds is 4. The molecule has 20 heavy (non-hydrogen) atoms. The summed E-state index contributed by atoms with van der Waals surface area (Å²) in [6.07, 6.45) is 2.31. The van der Waals surface area contributed by atoms with E-state index in [-0.39, 0.29) is 24.3 Å². The van der Waals surface area contributed by atoms with Crippen LogP contribution in [0.3, 0.4) is 0 Å². The van der Waals surface area contributed by atoms with Crippen LogP contribution in [-0.4, -0.2) is 44.5 Å². The fraction of sp³-hybridized carbons (Fsp3) is 0.500. The molecule has 8 heteroatoms. The third-order valence-corrected chi connectivity index (χ3v) is 3.30. The SMILES string of the molecule is CCCC1(O)CN(C(=O)c2cc([N+](=O)[O-])c[nH]c2=O)C1. The highest BCUT2D eigenvalue weighted by molar-refractivity contribution is 5.95. The monoisotopic (exact) mass is 281 g/mol. The number of amides is 1. The highest BCUT2D eigenvalue weighted by Gasteiger charge is 2.43. The number of nitrogens with zero attached hydrogens (tertiary/aromatic N) is 2. The first-order valence-corrected chi connectivity index (χ1v) is 6.25. The molecule has 2 rings (SSSR count). The van der Waals surface area contributed by atoms with E-state index >= 15 is 0 Å². The summed E-state index contributed by atoms with van der Waals surface area (Å²) in [7, 11) is 0. The molecule has 1 saturated heterocycles. The molecule has 0 aromatic carbocycles. The summed E-state index contributed by atoms with van der Waals surface area (Å²) < 4.78 is 0. The number of aromatic amines is 1. The Balaban J connectivity index is 2.17. The van der Waals surface area contributed by atoms with Gasteiger partial charge in [-0.3, -0.25) is 19.7 Å². The number of carbonyl (C=O) groups is 1. The van der Waals surface area contributed by atoms with E-state index < -0.39 is 22.0 Å². The van der Waals surface area contributed by atoms with Crippen molar-refractivity contribution in [2.24, 2.45) is 0 Å². The second-order valence-electron chi connectivity index (χ2n) is 4.99. The zero-order chi connectivity index (χ0) is 14.9. The summed E-state index contributed by atoms with van der Waals surface area (Å²) in [5, 5.41) is 20.6. The topological polar surface area (TPSA) is 117 Å². The molecule has 0 radical (unpaired) electrons. The maximum atomic E-state index is 12.1. The zero-order valence-corrected chi connectivity index (χ0v) is 11.0. The van der Waals surface area contributed by atoms with Crippen molar-refractivity contribution in [3.05, 3.63) is 38.3 Å². The number of nitro groups is 1. The van der Waals surface area contributed by atoms with Gasteiger partial charge in [0.25, 0.3) is 17.2 Å². The summed E-state index contributed by atoms with van der Waals surface area (Å²) in [6, 6.07) is 0.957. The molecule has 1 aromatic rings. The minimum Gasteiger partial charge on any atom is -0.386 e. The van der Waals surface area contributed by atoms with Gasteiger partial charge in [-0.2, -0.15) is 0 Å². The fourth-order valence-electron chi connectivity index (χ4n) is 2.34. The fourth-order valence-corrected chi connectivity index (χ4v) is 2.34. The molecule has 1 aliphatic heterocycles. The molecule has 8 nitrogen and oxygen atoms in total. The number of carbonyl (C=O) groups excluding carboxylic acids is 1. The lowest BCUT2D eigenvalue weighted by atomic mass is 9.89. The van der Waals surface area contributed by atoms with Crippen molar-refractivity contribution in [2.45, 2.75) is 25.4 Å². The largest absolute Gasteiger partial charge is 0.386 e. The van der Waals surface area contributed by atoms with E-state index in [1.54, 1.807) is 0 Å². The van der Waals surface area contributed by atoms with Crippen LogP contribution in [0, 0.1) is 10.1 Å². The molecule has 1 aliphatic rings. The van der Waals surface area contributed by atoms with Crippen LogP contribution >= 0.6 is 0 Å². The minimum absolute atomic E-state index is 0.141. The van der Waals surface area contributed by atoms with Crippen molar-refractivity contribution in [2.75, 3.05) is 13.1 Å². The number of hydrogen-bond donors (Lipinski definition) is 2. The van der Waals surface area contributed by atoms with Crippen LogP contribution in [0.15, 0.2) is 17.1 Å². The second-order valence-corrected chi connectivity index (χ2v) is 4.99. The lowest BCUT2D eigenvalue weighted by Gasteiger charge is -2.46. The molecule has 0 saturated carbocycles. The Morgan fingerprint density at radius 3 is 2.80 bits per heavy atom. The standard InChI is InChI=1S/C12H15N3O5/c1-2-3-12(18)6-14(7-12)11(17)9-4-8(15(19)20)5-13-10(9)16/h4-5,18H,2-3,6-7H2,1H3,(H,13,16). The van der Waals surface area contributed by atoms with E-state index in [4.69, 9.17) is 0 Å². The van der Waals surface area contributed by atoms with Crippen LogP contribution in [0.4, 0.5) is 5.69 Å². The van der Waals surface area contributed by atoms with Crippen LogP contribution in [0.1, 0.15) is 30.1 Å². The van der Waals surface area contributed by atoms with Gasteiger partial charge in [-0.25, -0.2) is 0 Å². The Morgan fingerprint density at radius 1 is 1.60 bits per heavy atom. The molecule has 2 heterocycles. The molecule has 108 valence electrons. The molecule has 1 fully saturated rings. The Hall–Kier alpha value is -2.22. The average molecular weight is 281 g/mol. The van der Waals surface area contributed by atoms with Gasteiger partial charge in [0.15, 0.2) is 0 Å². The van der Waals surface area contributed by atoms with E-state index in [0.717, 1.165) is 18.7 Å². The lowest BCUT2D eigenvalue weighted by Crippen LogP contribution is -2.63. The first kappa shape index (κ1) is 14.2. The van der Waals surface area contributed by atoms with Gasteiger partial charge in [0.2, 0.25) is 0 Å². The van der Waals surface area contributed by atoms with Crippen LogP contribution in [0.25, 0.3) is 0 Å². The molecule has 0 aliphatic carbocycles. The van der Waals surface area contributed by atoms with E-state index in [0.29, 0.717) is 6.42 Å². The number of nitrogens with one attached hydrogen (secondary N) is 1. The van der Waals surface area contributed by atoms with E-state index in [1.165, 1.54) is 4.90 Å². The molecule has 1 aromatic heterocycles. The second kappa shape index (κ2) is 5.04. The zero-order valence-electron chi connectivity index (χ0n) is 11.0. The molecule has 0 unspecified atom stereocenters. The number of H-pyrrole nitrogens is 1. The van der Waals surface area contributed by atoms with Crippen LogP contribution in [0.5, 0.6) is 0 Å². The average Bonchev–Trinajstić information content (AvgIpc) is 2.35. The Labute approximate surface area is 114 Å². The molecular weight excluding hydrogens is 266 g/mol. The summed E-state index contributed by atoms with van der Waals surface area (Å²) in [4.78, 5) is 37.1. The first-order valence-electron chi connectivity index (χ1n) is 6.25. The Bertz CT molecular complexity index is 603. The normalized spacial score (nSPS) is 16.6. The van der Waals surface area contributed by atoms with E-state index in [2.05, 4.69) is 4.98 Å². The first-order chi connectivity index (χ1) is 9.36. The number of likely N-dealkylation sites (tertiary alicyclic amines) is 1. The summed E-state index contributed by atoms with van der Waals surface area (Å²) in [5.74, 6) is -0.601. The highest BCUT2D eigenvalue weighted by atomic mass is 16.6. The molecule has 2 N–H and O–H groups in total. The van der Waals surface area contributed by atoms with Gasteiger partial charge < -0.3 is 15.0 Å². The molecule has 0 spiro atoms. The van der Waals surface area contributed by atoms with Gasteiger partial charge in [-0.1, -0.05) is 13.3 Å². The Kier molecular flexibility index (Phi) is 3.58. The molecule has 1 amide bonds. The van der Waals surface area contributed by atoms with Crippen LogP contribution in [-0.2, 0) is 0 Å². The van der Waals surface area contributed by atoms with E-state index in [9.17, 15) is 24.8 Å². The van der Waals surface area contributed by atoms with Crippen LogP contribution < -0.4 is 5.56 Å². The molecule has 0 atom stereocenters. The third-order valence-electron chi connectivity index (χ3n) is 3.30. The Morgan fingerprint density at radius 2 is 2.25 bits per heavy atom. The van der Waals surface area contributed by atoms with Crippen LogP contribution in [0.2, 0.25) is 0 Å². The molecule has 0 bridgehead atoms. The third kappa shape index (κ3) is 2.55. The highest BCUT2D eigenvalue weighted by Crippen LogP contribution is 2.27. The van der Waals surface area contributed by atoms with Gasteiger partial charge in [0, 0.05) is 6.07 Å². The number of aromatic nitrogens is 1. The maximum Gasteiger partial charge on any atom is 0.286 e. The van der Waals surface area contributed by atoms with E-state index in [1.807, 2.05) is 6.92 Å². The maximum absolute atomic E-state index is 12.1. The lowest BCUT2D eigenvalue weighted by molar-refractivity contribution is -0.385. The number of β-amino-alcohol motifs (C(OH)–C–C–N with tert-alkyl or cyclic N) is 1. The number of pyridine rings is 1. The smallest absolute Gasteiger partial charge is 0.286 e. The predicted octanol–water partition coefficient (Wildman–Crippen LogP) is 0.270. The summed E-state index contributed by atoms with van der Waals surface area (Å²) >= 11 is 0. The minimum atomic E-state index is -0.905. The van der Waals surface area contributed by atoms with Crippen molar-refractivity contribution in [3.8, 4) is 0 Å². The van der Waals surface area contributed by atoms with Crippen molar-refractivity contribution in [3.63, 3.8) is 0 Å². The number of hydrogen-bond acceptors (Lipinski definition) is 5. The summed E-state index contributed by atoms with van der Waals surface area (Å²) in [5.41, 5.74) is -2.21.